The van der Waals surface area contributed by atoms with Crippen LogP contribution in [-0.2, 0) is 27.4 Å². The molecule has 0 radical (unpaired) electrons. The van der Waals surface area contributed by atoms with E-state index in [0.29, 0.717) is 30.6 Å². The summed E-state index contributed by atoms with van der Waals surface area (Å²) >= 11 is 0. The molecule has 1 amide bonds. The minimum absolute atomic E-state index is 0.0496. The zero-order chi connectivity index (χ0) is 19.8. The van der Waals surface area contributed by atoms with Crippen molar-refractivity contribution >= 4 is 27.3 Å². The molecule has 1 heterocycles. The van der Waals surface area contributed by atoms with Crippen LogP contribution in [0.3, 0.4) is 0 Å². The highest BCUT2D eigenvalue weighted by molar-refractivity contribution is 7.92. The van der Waals surface area contributed by atoms with Gasteiger partial charge in [0.1, 0.15) is 0 Å². The summed E-state index contributed by atoms with van der Waals surface area (Å²) in [5.74, 6) is -0.0496. The van der Waals surface area contributed by atoms with Crippen LogP contribution in [0.4, 0.5) is 24.5 Å². The number of rotatable bonds is 4. The maximum absolute atomic E-state index is 12.8. The van der Waals surface area contributed by atoms with E-state index in [0.717, 1.165) is 18.2 Å². The highest BCUT2D eigenvalue weighted by Crippen LogP contribution is 2.33. The molecule has 0 saturated carbocycles. The van der Waals surface area contributed by atoms with Crippen molar-refractivity contribution in [1.82, 2.24) is 0 Å². The van der Waals surface area contributed by atoms with Crippen molar-refractivity contribution in [3.8, 4) is 0 Å². The largest absolute Gasteiger partial charge is 0.416 e. The van der Waals surface area contributed by atoms with Gasteiger partial charge >= 0.3 is 6.18 Å². The zero-order valence-corrected chi connectivity index (χ0v) is 15.2. The molecule has 0 bridgehead atoms. The summed E-state index contributed by atoms with van der Waals surface area (Å²) in [5, 5.41) is 0. The van der Waals surface area contributed by atoms with E-state index in [4.69, 9.17) is 0 Å². The third-order valence-corrected chi connectivity index (χ3v) is 5.68. The second kappa shape index (κ2) is 6.88. The number of nitrogens with zero attached hydrogens (tertiary/aromatic N) is 1. The van der Waals surface area contributed by atoms with Crippen molar-refractivity contribution < 1.29 is 26.4 Å². The first-order chi connectivity index (χ1) is 12.6. The number of carbonyl (C=O) groups excluding carboxylic acids is 1. The molecule has 0 aliphatic carbocycles. The van der Waals surface area contributed by atoms with Gasteiger partial charge in [-0.2, -0.15) is 13.2 Å². The first kappa shape index (κ1) is 19.2. The number of anilines is 2. The molecule has 0 saturated heterocycles. The third-order valence-electron chi connectivity index (χ3n) is 4.30. The van der Waals surface area contributed by atoms with Gasteiger partial charge in [0.2, 0.25) is 5.91 Å². The average molecular weight is 398 g/mol. The second-order valence-corrected chi connectivity index (χ2v) is 7.81. The van der Waals surface area contributed by atoms with Gasteiger partial charge in [-0.25, -0.2) is 8.42 Å². The van der Waals surface area contributed by atoms with Crippen LogP contribution in [-0.4, -0.2) is 20.9 Å². The van der Waals surface area contributed by atoms with Crippen LogP contribution in [0.5, 0.6) is 0 Å². The lowest BCUT2D eigenvalue weighted by atomic mass is 10.2. The Morgan fingerprint density at radius 1 is 1.19 bits per heavy atom. The van der Waals surface area contributed by atoms with E-state index in [9.17, 15) is 26.4 Å². The Morgan fingerprint density at radius 3 is 2.59 bits per heavy atom. The molecule has 1 aliphatic rings. The molecular weight excluding hydrogens is 381 g/mol. The number of nitrogens with one attached hydrogen (secondary N) is 1. The molecule has 144 valence electrons. The lowest BCUT2D eigenvalue weighted by molar-refractivity contribution is -0.137. The minimum Gasteiger partial charge on any atom is -0.312 e. The summed E-state index contributed by atoms with van der Waals surface area (Å²) < 4.78 is 65.7. The van der Waals surface area contributed by atoms with Gasteiger partial charge in [0.25, 0.3) is 10.0 Å². The Labute approximate surface area is 154 Å². The maximum atomic E-state index is 12.8. The van der Waals surface area contributed by atoms with Crippen LogP contribution >= 0.6 is 0 Å². The Balaban J connectivity index is 1.88. The molecular formula is C18H17F3N2O3S. The second-order valence-electron chi connectivity index (χ2n) is 6.12. The fraction of sp³-hybridized carbons (Fsp3) is 0.278. The molecule has 1 N–H and O–H groups in total. The van der Waals surface area contributed by atoms with Crippen LogP contribution in [0.15, 0.2) is 47.4 Å². The molecule has 1 aliphatic heterocycles. The topological polar surface area (TPSA) is 66.5 Å². The average Bonchev–Trinajstić information content (AvgIpc) is 3.03. The van der Waals surface area contributed by atoms with E-state index in [2.05, 4.69) is 4.72 Å². The van der Waals surface area contributed by atoms with E-state index in [1.165, 1.54) is 18.2 Å². The van der Waals surface area contributed by atoms with Gasteiger partial charge < -0.3 is 4.90 Å². The lowest BCUT2D eigenvalue weighted by Crippen LogP contribution is -2.27. The van der Waals surface area contributed by atoms with E-state index >= 15 is 0 Å². The summed E-state index contributed by atoms with van der Waals surface area (Å²) in [7, 11) is -4.06. The molecule has 27 heavy (non-hydrogen) atoms. The lowest BCUT2D eigenvalue weighted by Gasteiger charge is -2.16. The summed E-state index contributed by atoms with van der Waals surface area (Å²) in [6.45, 7) is 2.23. The first-order valence-corrected chi connectivity index (χ1v) is 9.73. The van der Waals surface area contributed by atoms with Crippen molar-refractivity contribution in [2.75, 3.05) is 16.2 Å². The Morgan fingerprint density at radius 2 is 1.93 bits per heavy atom. The van der Waals surface area contributed by atoms with Gasteiger partial charge in [0.15, 0.2) is 0 Å². The highest BCUT2D eigenvalue weighted by Gasteiger charge is 2.31. The van der Waals surface area contributed by atoms with Gasteiger partial charge in [-0.3, -0.25) is 9.52 Å². The third kappa shape index (κ3) is 3.92. The summed E-state index contributed by atoms with van der Waals surface area (Å²) in [5.41, 5.74) is 0.266. The number of benzene rings is 2. The number of carbonyl (C=O) groups is 1. The SMILES string of the molecule is CCC(=O)N1CCc2cc(S(=O)(=O)Nc3cccc(C(F)(F)F)c3)ccc21. The van der Waals surface area contributed by atoms with Crippen molar-refractivity contribution in [1.29, 1.82) is 0 Å². The van der Waals surface area contributed by atoms with E-state index in [1.54, 1.807) is 17.9 Å². The maximum Gasteiger partial charge on any atom is 0.416 e. The van der Waals surface area contributed by atoms with Crippen molar-refractivity contribution in [3.63, 3.8) is 0 Å². The molecule has 3 rings (SSSR count). The van der Waals surface area contributed by atoms with Gasteiger partial charge in [-0.1, -0.05) is 13.0 Å². The molecule has 0 atom stereocenters. The van der Waals surface area contributed by atoms with Gasteiger partial charge in [0, 0.05) is 24.3 Å². The Bertz CT molecular complexity index is 988. The summed E-state index contributed by atoms with van der Waals surface area (Å²) in [4.78, 5) is 13.5. The fourth-order valence-electron chi connectivity index (χ4n) is 2.97. The predicted octanol–water partition coefficient (Wildman–Crippen LogP) is 3.81. The van der Waals surface area contributed by atoms with Crippen LogP contribution in [0, 0.1) is 0 Å². The Hall–Kier alpha value is -2.55. The number of hydrogen-bond acceptors (Lipinski definition) is 3. The molecule has 5 nitrogen and oxygen atoms in total. The van der Waals surface area contributed by atoms with Crippen molar-refractivity contribution in [3.05, 3.63) is 53.6 Å². The highest BCUT2D eigenvalue weighted by atomic mass is 32.2. The molecule has 2 aromatic carbocycles. The minimum atomic E-state index is -4.57. The normalized spacial score (nSPS) is 14.1. The quantitative estimate of drug-likeness (QED) is 0.852. The molecule has 9 heteroatoms. The summed E-state index contributed by atoms with van der Waals surface area (Å²) in [6, 6.07) is 8.35. The number of sulfonamides is 1. The standard InChI is InChI=1S/C18H17F3N2O3S/c1-2-17(24)23-9-8-12-10-15(6-7-16(12)23)27(25,26)22-14-5-3-4-13(11-14)18(19,20)21/h3-7,10-11,22H,2,8-9H2,1H3. The molecule has 0 spiro atoms. The predicted molar refractivity (Wildman–Crippen MR) is 95.0 cm³/mol. The fourth-order valence-corrected chi connectivity index (χ4v) is 4.07. The molecule has 0 aromatic heterocycles. The molecule has 0 unspecified atom stereocenters. The van der Waals surface area contributed by atoms with Gasteiger partial charge in [0.05, 0.1) is 10.5 Å². The monoisotopic (exact) mass is 398 g/mol. The van der Waals surface area contributed by atoms with Crippen molar-refractivity contribution in [2.45, 2.75) is 30.8 Å². The zero-order valence-electron chi connectivity index (χ0n) is 14.4. The molecule has 0 fully saturated rings. The van der Waals surface area contributed by atoms with E-state index in [1.807, 2.05) is 0 Å². The van der Waals surface area contributed by atoms with Crippen LogP contribution < -0.4 is 9.62 Å². The number of fused-ring (bicyclic) bond motifs is 1. The number of amides is 1. The van der Waals surface area contributed by atoms with E-state index in [-0.39, 0.29) is 16.5 Å². The van der Waals surface area contributed by atoms with Crippen LogP contribution in [0.25, 0.3) is 0 Å². The number of hydrogen-bond donors (Lipinski definition) is 1. The van der Waals surface area contributed by atoms with Gasteiger partial charge in [-0.15, -0.1) is 0 Å². The summed E-state index contributed by atoms with van der Waals surface area (Å²) in [6.07, 6.45) is -3.70. The number of halogens is 3. The van der Waals surface area contributed by atoms with Gasteiger partial charge in [-0.05, 0) is 48.4 Å². The first-order valence-electron chi connectivity index (χ1n) is 8.25. The van der Waals surface area contributed by atoms with Crippen molar-refractivity contribution in [2.24, 2.45) is 0 Å². The van der Waals surface area contributed by atoms with Crippen LogP contribution in [0.1, 0.15) is 24.5 Å². The number of alkyl halides is 3. The van der Waals surface area contributed by atoms with E-state index < -0.39 is 21.8 Å². The molecule has 2 aromatic rings. The smallest absolute Gasteiger partial charge is 0.312 e. The van der Waals surface area contributed by atoms with Crippen LogP contribution in [0.2, 0.25) is 0 Å². The Kier molecular flexibility index (Phi) is 4.90.